The molecule has 0 saturated carbocycles. The van der Waals surface area contributed by atoms with Crippen LogP contribution in [0.1, 0.15) is 80.1 Å². The van der Waals surface area contributed by atoms with E-state index < -0.39 is 0 Å². The van der Waals surface area contributed by atoms with Gasteiger partial charge in [0.15, 0.2) is 0 Å². The summed E-state index contributed by atoms with van der Waals surface area (Å²) < 4.78 is 0. The fraction of sp³-hybridized carbons (Fsp3) is 0.625. The zero-order valence-corrected chi connectivity index (χ0v) is 19.4. The van der Waals surface area contributed by atoms with Gasteiger partial charge in [-0.15, -0.1) is 0 Å². The molecule has 1 aromatic rings. The van der Waals surface area contributed by atoms with Crippen molar-refractivity contribution < 1.29 is 14.4 Å². The summed E-state index contributed by atoms with van der Waals surface area (Å²) in [6.45, 7) is 12.4. The predicted molar refractivity (Wildman–Crippen MR) is 125 cm³/mol. The van der Waals surface area contributed by atoms with Crippen LogP contribution in [0.3, 0.4) is 0 Å². The Bertz CT molecular complexity index is 604. The first-order valence-electron chi connectivity index (χ1n) is 11.1. The van der Waals surface area contributed by atoms with Crippen molar-refractivity contribution in [2.45, 2.75) is 80.1 Å². The van der Waals surface area contributed by atoms with Gasteiger partial charge in [0, 0.05) is 36.3 Å². The molecule has 0 saturated heterocycles. The van der Waals surface area contributed by atoms with Crippen LogP contribution in [-0.4, -0.2) is 17.7 Å². The van der Waals surface area contributed by atoms with Gasteiger partial charge >= 0.3 is 0 Å². The normalized spacial score (nSPS) is 11.1. The third-order valence-corrected chi connectivity index (χ3v) is 4.63. The lowest BCUT2D eigenvalue weighted by Gasteiger charge is -2.14. The van der Waals surface area contributed by atoms with E-state index in [4.69, 9.17) is 0 Å². The van der Waals surface area contributed by atoms with Crippen molar-refractivity contribution in [1.29, 1.82) is 0 Å². The topological polar surface area (TPSA) is 87.3 Å². The number of amides is 3. The molecule has 3 N–H and O–H groups in total. The maximum Gasteiger partial charge on any atom is 0.224 e. The van der Waals surface area contributed by atoms with E-state index in [9.17, 15) is 14.4 Å². The molecule has 0 bridgehead atoms. The van der Waals surface area contributed by atoms with Gasteiger partial charge in [0.25, 0.3) is 0 Å². The first-order chi connectivity index (χ1) is 14.0. The second-order valence-electron chi connectivity index (χ2n) is 9.24. The van der Waals surface area contributed by atoms with E-state index in [1.807, 2.05) is 0 Å². The second-order valence-corrected chi connectivity index (χ2v) is 9.24. The van der Waals surface area contributed by atoms with Gasteiger partial charge in [-0.3, -0.25) is 14.4 Å². The maximum atomic E-state index is 12.3. The highest BCUT2D eigenvalue weighted by Gasteiger charge is 2.11. The third kappa shape index (κ3) is 11.6. The summed E-state index contributed by atoms with van der Waals surface area (Å²) >= 11 is 0. The van der Waals surface area contributed by atoms with Crippen molar-refractivity contribution in [2.24, 2.45) is 17.8 Å². The molecular weight excluding hydrogens is 378 g/mol. The van der Waals surface area contributed by atoms with Crippen molar-refractivity contribution in [3.63, 3.8) is 0 Å². The predicted octanol–water partition coefficient (Wildman–Crippen LogP) is 5.81. The molecule has 168 valence electrons. The van der Waals surface area contributed by atoms with Crippen LogP contribution in [0, 0.1) is 17.8 Å². The largest absolute Gasteiger partial charge is 0.326 e. The molecule has 0 aliphatic heterocycles. The minimum atomic E-state index is -0.0796. The smallest absolute Gasteiger partial charge is 0.224 e. The number of benzene rings is 1. The molecular formula is C24H39N3O3. The molecule has 0 atom stereocenters. The molecule has 1 rings (SSSR count). The van der Waals surface area contributed by atoms with E-state index in [0.29, 0.717) is 54.1 Å². The zero-order valence-electron chi connectivity index (χ0n) is 19.4. The molecule has 0 spiro atoms. The molecule has 0 fully saturated rings. The maximum absolute atomic E-state index is 12.3. The molecule has 0 aliphatic rings. The van der Waals surface area contributed by atoms with Crippen molar-refractivity contribution >= 4 is 34.8 Å². The molecule has 0 aromatic heterocycles. The summed E-state index contributed by atoms with van der Waals surface area (Å²) in [5.74, 6) is 1.09. The highest BCUT2D eigenvalue weighted by molar-refractivity contribution is 5.97. The fourth-order valence-electron chi connectivity index (χ4n) is 2.77. The van der Waals surface area contributed by atoms with Crippen LogP contribution in [-0.2, 0) is 14.4 Å². The average Bonchev–Trinajstić information content (AvgIpc) is 2.63. The number of hydrogen-bond acceptors (Lipinski definition) is 3. The summed E-state index contributed by atoms with van der Waals surface area (Å²) in [5.41, 5.74) is 1.68. The summed E-state index contributed by atoms with van der Waals surface area (Å²) in [6.07, 6.45) is 3.69. The van der Waals surface area contributed by atoms with Crippen LogP contribution >= 0.6 is 0 Å². The van der Waals surface area contributed by atoms with Crippen LogP contribution in [0.15, 0.2) is 18.2 Å². The Morgan fingerprint density at radius 3 is 1.00 bits per heavy atom. The highest BCUT2D eigenvalue weighted by Crippen LogP contribution is 2.24. The first-order valence-corrected chi connectivity index (χ1v) is 11.1. The van der Waals surface area contributed by atoms with Crippen LogP contribution in [0.5, 0.6) is 0 Å². The molecule has 30 heavy (non-hydrogen) atoms. The van der Waals surface area contributed by atoms with Gasteiger partial charge in [0.2, 0.25) is 17.7 Å². The molecule has 6 nitrogen and oxygen atoms in total. The Hall–Kier alpha value is -2.37. The Morgan fingerprint density at radius 1 is 0.567 bits per heavy atom. The Morgan fingerprint density at radius 2 is 0.800 bits per heavy atom. The molecule has 0 radical (unpaired) electrons. The van der Waals surface area contributed by atoms with Gasteiger partial charge < -0.3 is 16.0 Å². The van der Waals surface area contributed by atoms with E-state index in [1.54, 1.807) is 18.2 Å². The molecule has 6 heteroatoms. The van der Waals surface area contributed by atoms with Crippen molar-refractivity contribution in [3.8, 4) is 0 Å². The first kappa shape index (κ1) is 25.7. The number of carbonyl (C=O) groups excluding carboxylic acids is 3. The molecule has 0 unspecified atom stereocenters. The van der Waals surface area contributed by atoms with Crippen molar-refractivity contribution in [1.82, 2.24) is 0 Å². The number of hydrogen-bond donors (Lipinski definition) is 3. The van der Waals surface area contributed by atoms with Gasteiger partial charge in [0.1, 0.15) is 0 Å². The van der Waals surface area contributed by atoms with Crippen molar-refractivity contribution in [3.05, 3.63) is 18.2 Å². The summed E-state index contributed by atoms with van der Waals surface area (Å²) in [5, 5.41) is 8.65. The van der Waals surface area contributed by atoms with E-state index in [-0.39, 0.29) is 17.7 Å². The molecule has 0 aliphatic carbocycles. The van der Waals surface area contributed by atoms with E-state index in [2.05, 4.69) is 57.5 Å². The lowest BCUT2D eigenvalue weighted by atomic mass is 10.1. The summed E-state index contributed by atoms with van der Waals surface area (Å²) in [4.78, 5) is 36.8. The average molecular weight is 418 g/mol. The van der Waals surface area contributed by atoms with Gasteiger partial charge in [-0.25, -0.2) is 0 Å². The number of anilines is 3. The quantitative estimate of drug-likeness (QED) is 0.401. The Kier molecular flexibility index (Phi) is 11.2. The van der Waals surface area contributed by atoms with Gasteiger partial charge in [0.05, 0.1) is 0 Å². The molecule has 0 heterocycles. The summed E-state index contributed by atoms with van der Waals surface area (Å²) in [6, 6.07) is 5.18. The SMILES string of the molecule is CC(C)CCC(=O)Nc1cc(NC(=O)CCC(C)C)cc(NC(=O)CCC(C)C)c1. The van der Waals surface area contributed by atoms with Crippen LogP contribution in [0.25, 0.3) is 0 Å². The van der Waals surface area contributed by atoms with Crippen LogP contribution in [0.4, 0.5) is 17.1 Å². The Labute approximate surface area is 181 Å². The van der Waals surface area contributed by atoms with Gasteiger partial charge in [-0.1, -0.05) is 41.5 Å². The second kappa shape index (κ2) is 13.0. The minimum Gasteiger partial charge on any atom is -0.326 e. The Balaban J connectivity index is 2.92. The van der Waals surface area contributed by atoms with E-state index >= 15 is 0 Å². The van der Waals surface area contributed by atoms with E-state index in [1.165, 1.54) is 0 Å². The van der Waals surface area contributed by atoms with Gasteiger partial charge in [-0.05, 0) is 55.2 Å². The molecule has 3 amide bonds. The number of carbonyl (C=O) groups is 3. The monoisotopic (exact) mass is 417 g/mol. The summed E-state index contributed by atoms with van der Waals surface area (Å²) in [7, 11) is 0. The fourth-order valence-corrected chi connectivity index (χ4v) is 2.77. The lowest BCUT2D eigenvalue weighted by Crippen LogP contribution is -2.16. The third-order valence-electron chi connectivity index (χ3n) is 4.63. The number of nitrogens with one attached hydrogen (secondary N) is 3. The van der Waals surface area contributed by atoms with Gasteiger partial charge in [-0.2, -0.15) is 0 Å². The standard InChI is InChI=1S/C24H39N3O3/c1-16(2)7-10-22(28)25-19-13-20(26-23(29)11-8-17(3)4)15-21(14-19)27-24(30)12-9-18(5)6/h13-18H,7-12H2,1-6H3,(H,25,28)(H,26,29)(H,27,30). The van der Waals surface area contributed by atoms with Crippen LogP contribution < -0.4 is 16.0 Å². The number of rotatable bonds is 12. The van der Waals surface area contributed by atoms with Crippen molar-refractivity contribution in [2.75, 3.05) is 16.0 Å². The molecule has 1 aromatic carbocycles. The van der Waals surface area contributed by atoms with Crippen LogP contribution in [0.2, 0.25) is 0 Å². The highest BCUT2D eigenvalue weighted by atomic mass is 16.2. The van der Waals surface area contributed by atoms with E-state index in [0.717, 1.165) is 19.3 Å². The lowest BCUT2D eigenvalue weighted by molar-refractivity contribution is -0.117. The minimum absolute atomic E-state index is 0.0796. The zero-order chi connectivity index (χ0) is 22.7.